The van der Waals surface area contributed by atoms with Crippen LogP contribution in [-0.4, -0.2) is 34.4 Å². The molecule has 0 aromatic heterocycles. The summed E-state index contributed by atoms with van der Waals surface area (Å²) in [6, 6.07) is 7.31. The predicted octanol–water partition coefficient (Wildman–Crippen LogP) is 5.73. The standard InChI is InChI=1S/C23H40O5Si/c1-7-25-29(26-8-2,27-9-3)16-10-11-20-12-13-22-21(17-20)18-24-23(6,28-22)15-14-19(4)5/h12-13,17,19H,7-11,14-16,18H2,1-6H3. The molecule has 1 aromatic rings. The highest BCUT2D eigenvalue weighted by Gasteiger charge is 2.39. The van der Waals surface area contributed by atoms with E-state index in [-0.39, 0.29) is 0 Å². The highest BCUT2D eigenvalue weighted by atomic mass is 28.4. The molecule has 1 unspecified atom stereocenters. The molecule has 0 saturated carbocycles. The van der Waals surface area contributed by atoms with Crippen molar-refractivity contribution in [2.75, 3.05) is 19.8 Å². The van der Waals surface area contributed by atoms with Crippen molar-refractivity contribution in [2.45, 2.75) is 85.7 Å². The zero-order valence-electron chi connectivity index (χ0n) is 19.2. The Morgan fingerprint density at radius 2 is 1.72 bits per heavy atom. The molecule has 0 aliphatic carbocycles. The molecule has 6 heteroatoms. The molecular formula is C23H40O5Si. The Balaban J connectivity index is 1.95. The van der Waals surface area contributed by atoms with Crippen molar-refractivity contribution >= 4 is 8.80 Å². The average molecular weight is 425 g/mol. The summed E-state index contributed by atoms with van der Waals surface area (Å²) in [6.45, 7) is 15.0. The maximum Gasteiger partial charge on any atom is 0.500 e. The van der Waals surface area contributed by atoms with Crippen molar-refractivity contribution in [2.24, 2.45) is 5.92 Å². The van der Waals surface area contributed by atoms with Gasteiger partial charge in [-0.2, -0.15) is 0 Å². The Morgan fingerprint density at radius 3 is 2.31 bits per heavy atom. The van der Waals surface area contributed by atoms with Gasteiger partial charge >= 0.3 is 8.80 Å². The fraction of sp³-hybridized carbons (Fsp3) is 0.739. The fourth-order valence-electron chi connectivity index (χ4n) is 3.68. The van der Waals surface area contributed by atoms with Crippen LogP contribution in [0.15, 0.2) is 18.2 Å². The van der Waals surface area contributed by atoms with Gasteiger partial charge in [-0.15, -0.1) is 0 Å². The summed E-state index contributed by atoms with van der Waals surface area (Å²) in [5.74, 6) is 1.08. The predicted molar refractivity (Wildman–Crippen MR) is 118 cm³/mol. The van der Waals surface area contributed by atoms with E-state index in [4.69, 9.17) is 22.8 Å². The van der Waals surface area contributed by atoms with Crippen LogP contribution >= 0.6 is 0 Å². The van der Waals surface area contributed by atoms with Crippen molar-refractivity contribution < 1.29 is 22.8 Å². The lowest BCUT2D eigenvalue weighted by molar-refractivity contribution is -0.199. The van der Waals surface area contributed by atoms with Gasteiger partial charge in [0.25, 0.3) is 0 Å². The molecule has 0 N–H and O–H groups in total. The second kappa shape index (κ2) is 11.5. The lowest BCUT2D eigenvalue weighted by atomic mass is 10.0. The minimum Gasteiger partial charge on any atom is -0.462 e. The van der Waals surface area contributed by atoms with Crippen LogP contribution in [0.2, 0.25) is 6.04 Å². The lowest BCUT2D eigenvalue weighted by Gasteiger charge is -2.36. The third-order valence-electron chi connectivity index (χ3n) is 5.20. The molecule has 0 saturated heterocycles. The number of aryl methyl sites for hydroxylation is 1. The van der Waals surface area contributed by atoms with Crippen LogP contribution in [0.5, 0.6) is 5.75 Å². The summed E-state index contributed by atoms with van der Waals surface area (Å²) >= 11 is 0. The Hall–Kier alpha value is -0.923. The monoisotopic (exact) mass is 424 g/mol. The number of ether oxygens (including phenoxy) is 2. The third-order valence-corrected chi connectivity index (χ3v) is 8.35. The molecule has 29 heavy (non-hydrogen) atoms. The van der Waals surface area contributed by atoms with E-state index in [9.17, 15) is 0 Å². The van der Waals surface area contributed by atoms with Crippen molar-refractivity contribution in [1.82, 2.24) is 0 Å². The molecule has 2 rings (SSSR count). The van der Waals surface area contributed by atoms with Gasteiger partial charge in [-0.1, -0.05) is 19.9 Å². The van der Waals surface area contributed by atoms with E-state index >= 15 is 0 Å². The Morgan fingerprint density at radius 1 is 1.07 bits per heavy atom. The topological polar surface area (TPSA) is 46.2 Å². The van der Waals surface area contributed by atoms with Gasteiger partial charge < -0.3 is 22.8 Å². The lowest BCUT2D eigenvalue weighted by Crippen LogP contribution is -2.46. The zero-order chi connectivity index (χ0) is 21.3. The number of hydrogen-bond donors (Lipinski definition) is 0. The molecule has 1 aliphatic rings. The van der Waals surface area contributed by atoms with Crippen LogP contribution in [0.4, 0.5) is 0 Å². The number of hydrogen-bond acceptors (Lipinski definition) is 5. The fourth-order valence-corrected chi connectivity index (χ4v) is 6.29. The van der Waals surface area contributed by atoms with E-state index in [0.29, 0.717) is 32.3 Å². The first kappa shape index (κ1) is 24.3. The molecule has 0 spiro atoms. The van der Waals surface area contributed by atoms with Gasteiger partial charge in [-0.05, 0) is 63.6 Å². The van der Waals surface area contributed by atoms with Gasteiger partial charge in [0, 0.05) is 44.8 Å². The van der Waals surface area contributed by atoms with Crippen molar-refractivity contribution in [3.8, 4) is 5.75 Å². The maximum absolute atomic E-state index is 6.20. The molecular weight excluding hydrogens is 384 g/mol. The zero-order valence-corrected chi connectivity index (χ0v) is 20.2. The number of benzene rings is 1. The molecule has 166 valence electrons. The van der Waals surface area contributed by atoms with E-state index in [0.717, 1.165) is 43.0 Å². The Bertz CT molecular complexity index is 604. The number of rotatable bonds is 13. The van der Waals surface area contributed by atoms with Gasteiger partial charge in [0.2, 0.25) is 5.79 Å². The molecule has 1 heterocycles. The summed E-state index contributed by atoms with van der Waals surface area (Å²) < 4.78 is 30.1. The highest BCUT2D eigenvalue weighted by Crippen LogP contribution is 2.35. The molecule has 0 amide bonds. The largest absolute Gasteiger partial charge is 0.500 e. The van der Waals surface area contributed by atoms with Gasteiger partial charge in [-0.25, -0.2) is 0 Å². The van der Waals surface area contributed by atoms with Crippen LogP contribution in [0, 0.1) is 5.92 Å². The maximum atomic E-state index is 6.20. The first-order chi connectivity index (χ1) is 13.9. The van der Waals surface area contributed by atoms with Gasteiger partial charge in [0.15, 0.2) is 0 Å². The second-order valence-corrected chi connectivity index (χ2v) is 11.0. The van der Waals surface area contributed by atoms with Crippen LogP contribution in [0.25, 0.3) is 0 Å². The van der Waals surface area contributed by atoms with Crippen molar-refractivity contribution in [3.05, 3.63) is 29.3 Å². The van der Waals surface area contributed by atoms with Crippen LogP contribution in [0.1, 0.15) is 71.9 Å². The minimum atomic E-state index is -2.56. The van der Waals surface area contributed by atoms with Crippen LogP contribution in [0.3, 0.4) is 0 Å². The van der Waals surface area contributed by atoms with E-state index < -0.39 is 14.6 Å². The normalized spacial score (nSPS) is 19.3. The van der Waals surface area contributed by atoms with Crippen molar-refractivity contribution in [1.29, 1.82) is 0 Å². The molecule has 1 atom stereocenters. The summed E-state index contributed by atoms with van der Waals surface area (Å²) in [5.41, 5.74) is 2.42. The van der Waals surface area contributed by atoms with Crippen LogP contribution < -0.4 is 4.74 Å². The first-order valence-corrected chi connectivity index (χ1v) is 13.1. The summed E-state index contributed by atoms with van der Waals surface area (Å²) in [6.07, 6.45) is 3.93. The summed E-state index contributed by atoms with van der Waals surface area (Å²) in [5, 5.41) is 0. The Kier molecular flexibility index (Phi) is 9.62. The van der Waals surface area contributed by atoms with E-state index in [1.165, 1.54) is 5.56 Å². The van der Waals surface area contributed by atoms with E-state index in [2.05, 4.69) is 32.0 Å². The van der Waals surface area contributed by atoms with Crippen molar-refractivity contribution in [3.63, 3.8) is 0 Å². The number of fused-ring (bicyclic) bond motifs is 1. The summed E-state index contributed by atoms with van der Waals surface area (Å²) in [7, 11) is -2.56. The van der Waals surface area contributed by atoms with E-state index in [1.54, 1.807) is 0 Å². The third kappa shape index (κ3) is 7.37. The molecule has 5 nitrogen and oxygen atoms in total. The first-order valence-electron chi connectivity index (χ1n) is 11.2. The smallest absolute Gasteiger partial charge is 0.462 e. The average Bonchev–Trinajstić information content (AvgIpc) is 2.67. The quantitative estimate of drug-likeness (QED) is 0.378. The summed E-state index contributed by atoms with van der Waals surface area (Å²) in [4.78, 5) is 0. The van der Waals surface area contributed by atoms with E-state index in [1.807, 2.05) is 27.7 Å². The molecule has 1 aliphatic heterocycles. The SMILES string of the molecule is CCO[Si](CCCc1ccc2c(c1)COC(C)(CCC(C)C)O2)(OCC)OCC. The molecule has 1 aromatic carbocycles. The second-order valence-electron chi connectivity index (χ2n) is 8.23. The molecule has 0 bridgehead atoms. The van der Waals surface area contributed by atoms with Crippen LogP contribution in [-0.2, 0) is 31.0 Å². The molecule has 0 fully saturated rings. The van der Waals surface area contributed by atoms with Gasteiger partial charge in [0.1, 0.15) is 5.75 Å². The highest BCUT2D eigenvalue weighted by molar-refractivity contribution is 6.60. The minimum absolute atomic E-state index is 0.517. The van der Waals surface area contributed by atoms with Gasteiger partial charge in [0.05, 0.1) is 6.61 Å². The Labute approximate surface area is 178 Å². The molecule has 0 radical (unpaired) electrons. The van der Waals surface area contributed by atoms with Gasteiger partial charge in [-0.3, -0.25) is 0 Å².